The van der Waals surface area contributed by atoms with Crippen molar-refractivity contribution in [2.45, 2.75) is 0 Å². The second kappa shape index (κ2) is 8.65. The standard InChI is InChI=1S/C8H10N2O3.C2N2/c11-6-5-9-7-3-1-2-4-8(7)10(12)13;3-1-2-4/h1-4,9,11H,5-6H2;. The van der Waals surface area contributed by atoms with E-state index in [2.05, 4.69) is 5.32 Å². The highest BCUT2D eigenvalue weighted by atomic mass is 16.6. The summed E-state index contributed by atoms with van der Waals surface area (Å²) >= 11 is 0. The smallest absolute Gasteiger partial charge is 0.292 e. The molecule has 0 aliphatic carbocycles. The van der Waals surface area contributed by atoms with Crippen LogP contribution in [0.15, 0.2) is 24.3 Å². The molecule has 0 aliphatic rings. The maximum atomic E-state index is 10.5. The van der Waals surface area contributed by atoms with Gasteiger partial charge in [-0.2, -0.15) is 10.5 Å². The first-order valence-electron chi connectivity index (χ1n) is 4.53. The number of nitro benzene ring substituents is 1. The van der Waals surface area contributed by atoms with E-state index < -0.39 is 4.92 Å². The number of nitrogens with zero attached hydrogens (tertiary/aromatic N) is 3. The van der Waals surface area contributed by atoms with Crippen LogP contribution >= 0.6 is 0 Å². The third-order valence-electron chi connectivity index (χ3n) is 1.58. The first-order valence-corrected chi connectivity index (χ1v) is 4.53. The number of hydrogen-bond donors (Lipinski definition) is 2. The van der Waals surface area contributed by atoms with Gasteiger partial charge in [0.1, 0.15) is 5.69 Å². The molecule has 0 aliphatic heterocycles. The van der Waals surface area contributed by atoms with Crippen LogP contribution in [0.4, 0.5) is 11.4 Å². The molecule has 0 aromatic heterocycles. The average molecular weight is 234 g/mol. The Morgan fingerprint density at radius 1 is 1.35 bits per heavy atom. The van der Waals surface area contributed by atoms with Crippen LogP contribution in [0.3, 0.4) is 0 Å². The van der Waals surface area contributed by atoms with Crippen LogP contribution in [0.1, 0.15) is 0 Å². The van der Waals surface area contributed by atoms with Crippen LogP contribution in [0.2, 0.25) is 0 Å². The molecule has 0 spiro atoms. The molecular weight excluding hydrogens is 224 g/mol. The Bertz CT molecular complexity index is 436. The minimum absolute atomic E-state index is 0.0240. The van der Waals surface area contributed by atoms with Crippen molar-refractivity contribution in [1.82, 2.24) is 0 Å². The second-order valence-corrected chi connectivity index (χ2v) is 2.65. The number of aliphatic hydroxyl groups excluding tert-OH is 1. The Morgan fingerprint density at radius 3 is 2.41 bits per heavy atom. The predicted molar refractivity (Wildman–Crippen MR) is 59.9 cm³/mol. The number of hydrogen-bond acceptors (Lipinski definition) is 6. The molecule has 0 amide bonds. The number of benzene rings is 1. The van der Waals surface area contributed by atoms with Crippen molar-refractivity contribution in [3.05, 3.63) is 34.4 Å². The lowest BCUT2D eigenvalue weighted by atomic mass is 10.2. The van der Waals surface area contributed by atoms with Crippen molar-refractivity contribution in [1.29, 1.82) is 10.5 Å². The average Bonchev–Trinajstić information content (AvgIpc) is 2.36. The molecule has 1 rings (SSSR count). The van der Waals surface area contributed by atoms with Gasteiger partial charge in [-0.25, -0.2) is 0 Å². The van der Waals surface area contributed by atoms with Gasteiger partial charge in [0.2, 0.25) is 0 Å². The predicted octanol–water partition coefficient (Wildman–Crippen LogP) is 1.03. The molecule has 17 heavy (non-hydrogen) atoms. The summed E-state index contributed by atoms with van der Waals surface area (Å²) in [6.45, 7) is 0.261. The van der Waals surface area contributed by atoms with Gasteiger partial charge < -0.3 is 10.4 Å². The normalized spacial score (nSPS) is 7.94. The van der Waals surface area contributed by atoms with E-state index in [0.717, 1.165) is 0 Å². The first-order chi connectivity index (χ1) is 8.17. The zero-order chi connectivity index (χ0) is 13.1. The minimum atomic E-state index is -0.459. The number of para-hydroxylation sites is 2. The van der Waals surface area contributed by atoms with Crippen molar-refractivity contribution < 1.29 is 10.0 Å². The third kappa shape index (κ3) is 5.72. The third-order valence-corrected chi connectivity index (χ3v) is 1.58. The second-order valence-electron chi connectivity index (χ2n) is 2.65. The van der Waals surface area contributed by atoms with Crippen molar-refractivity contribution in [2.24, 2.45) is 0 Å². The van der Waals surface area contributed by atoms with Gasteiger partial charge >= 0.3 is 0 Å². The molecule has 0 saturated heterocycles. The summed E-state index contributed by atoms with van der Waals surface area (Å²) in [4.78, 5) is 10.0. The van der Waals surface area contributed by atoms with Crippen LogP contribution < -0.4 is 5.32 Å². The number of nitrogens with one attached hydrogen (secondary N) is 1. The monoisotopic (exact) mass is 234 g/mol. The molecule has 0 bridgehead atoms. The van der Waals surface area contributed by atoms with Gasteiger partial charge in [-0.1, -0.05) is 12.1 Å². The Hall–Kier alpha value is -2.64. The summed E-state index contributed by atoms with van der Waals surface area (Å²) in [5.41, 5.74) is 0.456. The molecule has 1 aromatic carbocycles. The van der Waals surface area contributed by atoms with Crippen LogP contribution in [-0.4, -0.2) is 23.2 Å². The fourth-order valence-corrected chi connectivity index (χ4v) is 0.973. The van der Waals surface area contributed by atoms with E-state index in [9.17, 15) is 10.1 Å². The zero-order valence-corrected chi connectivity index (χ0v) is 8.83. The molecule has 7 nitrogen and oxygen atoms in total. The summed E-state index contributed by atoms with van der Waals surface area (Å²) in [5, 5.41) is 36.3. The Morgan fingerprint density at radius 2 is 1.94 bits per heavy atom. The van der Waals surface area contributed by atoms with Gasteiger partial charge in [0.05, 0.1) is 11.5 Å². The van der Waals surface area contributed by atoms with Gasteiger partial charge in [-0.3, -0.25) is 10.1 Å². The van der Waals surface area contributed by atoms with E-state index in [1.54, 1.807) is 18.2 Å². The highest BCUT2D eigenvalue weighted by Crippen LogP contribution is 2.22. The van der Waals surface area contributed by atoms with Crippen molar-refractivity contribution in [2.75, 3.05) is 18.5 Å². The maximum Gasteiger partial charge on any atom is 0.292 e. The summed E-state index contributed by atoms with van der Waals surface area (Å²) < 4.78 is 0. The minimum Gasteiger partial charge on any atom is -0.395 e. The largest absolute Gasteiger partial charge is 0.395 e. The lowest BCUT2D eigenvalue weighted by Gasteiger charge is -2.03. The zero-order valence-electron chi connectivity index (χ0n) is 8.83. The SMILES string of the molecule is N#CC#N.O=[N+]([O-])c1ccccc1NCCO. The van der Waals surface area contributed by atoms with Crippen LogP contribution in [-0.2, 0) is 0 Å². The number of rotatable bonds is 4. The maximum absolute atomic E-state index is 10.5. The summed E-state index contributed by atoms with van der Waals surface area (Å²) in [5.74, 6) is 0. The van der Waals surface area contributed by atoms with Crippen molar-refractivity contribution >= 4 is 11.4 Å². The molecule has 88 valence electrons. The van der Waals surface area contributed by atoms with E-state index in [1.165, 1.54) is 18.2 Å². The number of nitro groups is 1. The first kappa shape index (κ1) is 14.4. The molecule has 7 heteroatoms. The number of anilines is 1. The summed E-state index contributed by atoms with van der Waals surface area (Å²) in [7, 11) is 0. The van der Waals surface area contributed by atoms with Gasteiger partial charge in [-0.15, -0.1) is 0 Å². The molecule has 0 atom stereocenters. The van der Waals surface area contributed by atoms with Gasteiger partial charge in [0.15, 0.2) is 12.1 Å². The van der Waals surface area contributed by atoms with Gasteiger partial charge in [0.25, 0.3) is 5.69 Å². The van der Waals surface area contributed by atoms with E-state index in [-0.39, 0.29) is 12.3 Å². The van der Waals surface area contributed by atoms with Gasteiger partial charge in [-0.05, 0) is 6.07 Å². The molecule has 0 unspecified atom stereocenters. The molecule has 1 aromatic rings. The number of aliphatic hydroxyl groups is 1. The molecule has 0 radical (unpaired) electrons. The highest BCUT2D eigenvalue weighted by Gasteiger charge is 2.10. The summed E-state index contributed by atoms with van der Waals surface area (Å²) in [6, 6.07) is 8.79. The van der Waals surface area contributed by atoms with E-state index in [4.69, 9.17) is 15.6 Å². The van der Waals surface area contributed by atoms with Crippen LogP contribution in [0.5, 0.6) is 0 Å². The molecule has 2 N–H and O–H groups in total. The highest BCUT2D eigenvalue weighted by molar-refractivity contribution is 5.60. The van der Waals surface area contributed by atoms with E-state index in [0.29, 0.717) is 12.2 Å². The molecule has 0 fully saturated rings. The fraction of sp³-hybridized carbons (Fsp3) is 0.200. The van der Waals surface area contributed by atoms with Crippen LogP contribution in [0.25, 0.3) is 0 Å². The topological polar surface area (TPSA) is 123 Å². The Labute approximate surface area is 97.7 Å². The lowest BCUT2D eigenvalue weighted by molar-refractivity contribution is -0.384. The summed E-state index contributed by atoms with van der Waals surface area (Å²) in [6.07, 6.45) is 0. The number of nitriles is 2. The van der Waals surface area contributed by atoms with Crippen LogP contribution in [0, 0.1) is 32.8 Å². The molecular formula is C10H10N4O3. The van der Waals surface area contributed by atoms with E-state index in [1.807, 2.05) is 0 Å². The fourth-order valence-electron chi connectivity index (χ4n) is 0.973. The quantitative estimate of drug-likeness (QED) is 0.592. The molecule has 0 heterocycles. The Balaban J connectivity index is 0.000000557. The Kier molecular flexibility index (Phi) is 7.31. The van der Waals surface area contributed by atoms with Crippen molar-refractivity contribution in [3.8, 4) is 12.1 Å². The lowest BCUT2D eigenvalue weighted by Crippen LogP contribution is -2.07. The molecule has 0 saturated carbocycles. The van der Waals surface area contributed by atoms with Gasteiger partial charge in [0, 0.05) is 12.6 Å². The van der Waals surface area contributed by atoms with E-state index >= 15 is 0 Å². The van der Waals surface area contributed by atoms with Crippen molar-refractivity contribution in [3.63, 3.8) is 0 Å².